The van der Waals surface area contributed by atoms with Crippen LogP contribution in [0.1, 0.15) is 18.3 Å². The van der Waals surface area contributed by atoms with Crippen LogP contribution in [-0.2, 0) is 16.4 Å². The van der Waals surface area contributed by atoms with Crippen LogP contribution in [0, 0.1) is 6.92 Å². The van der Waals surface area contributed by atoms with E-state index in [1.165, 1.54) is 0 Å². The number of anilines is 1. The van der Waals surface area contributed by atoms with Crippen LogP contribution in [0.25, 0.3) is 11.0 Å². The average molecular weight is 315 g/mol. The molecule has 0 aliphatic carbocycles. The third kappa shape index (κ3) is 2.82. The topological polar surface area (TPSA) is 74.8 Å². The van der Waals surface area contributed by atoms with Crippen molar-refractivity contribution in [2.75, 3.05) is 4.72 Å². The fourth-order valence-electron chi connectivity index (χ4n) is 2.22. The second-order valence-corrected chi connectivity index (χ2v) is 6.87. The molecule has 0 atom stereocenters. The van der Waals surface area contributed by atoms with Gasteiger partial charge in [0.1, 0.15) is 5.82 Å². The minimum Gasteiger partial charge on any atom is -0.342 e. The molecule has 0 spiro atoms. The molecule has 0 radical (unpaired) electrons. The summed E-state index contributed by atoms with van der Waals surface area (Å²) in [5, 5.41) is 0. The van der Waals surface area contributed by atoms with E-state index >= 15 is 0 Å². The van der Waals surface area contributed by atoms with Crippen LogP contribution in [0.15, 0.2) is 47.4 Å². The van der Waals surface area contributed by atoms with Crippen LogP contribution in [0.4, 0.5) is 5.69 Å². The first-order chi connectivity index (χ1) is 10.5. The van der Waals surface area contributed by atoms with Crippen molar-refractivity contribution >= 4 is 26.7 Å². The molecular formula is C16H17N3O2S. The minimum absolute atomic E-state index is 0.247. The number of benzene rings is 2. The van der Waals surface area contributed by atoms with E-state index in [1.807, 2.05) is 13.8 Å². The van der Waals surface area contributed by atoms with Crippen molar-refractivity contribution in [1.82, 2.24) is 9.97 Å². The number of nitrogens with zero attached hydrogens (tertiary/aromatic N) is 1. The predicted molar refractivity (Wildman–Crippen MR) is 87.5 cm³/mol. The first-order valence-corrected chi connectivity index (χ1v) is 8.54. The Kier molecular flexibility index (Phi) is 3.62. The molecule has 2 aromatic carbocycles. The van der Waals surface area contributed by atoms with Gasteiger partial charge in [-0.3, -0.25) is 4.72 Å². The van der Waals surface area contributed by atoms with Gasteiger partial charge in [0.15, 0.2) is 0 Å². The Bertz CT molecular complexity index is 912. The van der Waals surface area contributed by atoms with Gasteiger partial charge in [-0.1, -0.05) is 24.6 Å². The lowest BCUT2D eigenvalue weighted by atomic mass is 10.2. The molecule has 5 nitrogen and oxygen atoms in total. The molecule has 0 saturated heterocycles. The van der Waals surface area contributed by atoms with Crippen molar-refractivity contribution in [2.45, 2.75) is 25.2 Å². The zero-order valence-electron chi connectivity index (χ0n) is 12.4. The minimum atomic E-state index is -3.58. The molecular weight excluding hydrogens is 298 g/mol. The number of hydrogen-bond acceptors (Lipinski definition) is 3. The fraction of sp³-hybridized carbons (Fsp3) is 0.188. The van der Waals surface area contributed by atoms with Crippen LogP contribution in [0.2, 0.25) is 0 Å². The number of aromatic amines is 1. The van der Waals surface area contributed by atoms with E-state index in [4.69, 9.17) is 0 Å². The van der Waals surface area contributed by atoms with Crippen LogP contribution >= 0.6 is 0 Å². The number of aryl methyl sites for hydroxylation is 2. The van der Waals surface area contributed by atoms with Gasteiger partial charge >= 0.3 is 0 Å². The summed E-state index contributed by atoms with van der Waals surface area (Å²) in [5.74, 6) is 0.883. The SMILES string of the molecule is CCc1nc2ccc(NS(=O)(=O)c3ccc(C)cc3)cc2[nH]1. The first kappa shape index (κ1) is 14.6. The molecule has 0 fully saturated rings. The van der Waals surface area contributed by atoms with Gasteiger partial charge in [-0.15, -0.1) is 0 Å². The van der Waals surface area contributed by atoms with Gasteiger partial charge < -0.3 is 4.98 Å². The maximum atomic E-state index is 12.4. The number of fused-ring (bicyclic) bond motifs is 1. The monoisotopic (exact) mass is 315 g/mol. The zero-order valence-corrected chi connectivity index (χ0v) is 13.2. The van der Waals surface area contributed by atoms with Crippen molar-refractivity contribution in [2.24, 2.45) is 0 Å². The van der Waals surface area contributed by atoms with E-state index in [0.29, 0.717) is 5.69 Å². The molecule has 0 amide bonds. The van der Waals surface area contributed by atoms with Crippen LogP contribution in [0.5, 0.6) is 0 Å². The largest absolute Gasteiger partial charge is 0.342 e. The maximum Gasteiger partial charge on any atom is 0.261 e. The summed E-state index contributed by atoms with van der Waals surface area (Å²) >= 11 is 0. The average Bonchev–Trinajstić information content (AvgIpc) is 2.89. The molecule has 0 bridgehead atoms. The highest BCUT2D eigenvalue weighted by molar-refractivity contribution is 7.92. The van der Waals surface area contributed by atoms with Crippen molar-refractivity contribution in [3.63, 3.8) is 0 Å². The number of imidazole rings is 1. The van der Waals surface area contributed by atoms with Crippen molar-refractivity contribution in [3.05, 3.63) is 53.9 Å². The molecule has 0 unspecified atom stereocenters. The van der Waals surface area contributed by atoms with E-state index < -0.39 is 10.0 Å². The molecule has 2 N–H and O–H groups in total. The first-order valence-electron chi connectivity index (χ1n) is 7.06. The Hall–Kier alpha value is -2.34. The standard InChI is InChI=1S/C16H17N3O2S/c1-3-16-17-14-9-6-12(10-15(14)18-16)19-22(20,21)13-7-4-11(2)5-8-13/h4-10,19H,3H2,1-2H3,(H,17,18). The van der Waals surface area contributed by atoms with E-state index in [2.05, 4.69) is 14.7 Å². The second-order valence-electron chi connectivity index (χ2n) is 5.19. The number of nitrogens with one attached hydrogen (secondary N) is 2. The molecule has 0 aliphatic heterocycles. The summed E-state index contributed by atoms with van der Waals surface area (Å²) < 4.78 is 27.3. The smallest absolute Gasteiger partial charge is 0.261 e. The molecule has 3 aromatic rings. The number of hydrogen-bond donors (Lipinski definition) is 2. The van der Waals surface area contributed by atoms with E-state index in [-0.39, 0.29) is 4.90 Å². The van der Waals surface area contributed by atoms with Gasteiger partial charge in [0.25, 0.3) is 10.0 Å². The van der Waals surface area contributed by atoms with Gasteiger partial charge in [0.05, 0.1) is 21.6 Å². The Labute approximate surface area is 129 Å². The van der Waals surface area contributed by atoms with Crippen LogP contribution in [0.3, 0.4) is 0 Å². The number of H-pyrrole nitrogens is 1. The molecule has 6 heteroatoms. The third-order valence-electron chi connectivity index (χ3n) is 3.45. The zero-order chi connectivity index (χ0) is 15.7. The fourth-order valence-corrected chi connectivity index (χ4v) is 3.27. The second kappa shape index (κ2) is 5.46. The Morgan fingerprint density at radius 2 is 1.86 bits per heavy atom. The molecule has 22 heavy (non-hydrogen) atoms. The molecule has 1 heterocycles. The highest BCUT2D eigenvalue weighted by Gasteiger charge is 2.14. The van der Waals surface area contributed by atoms with Gasteiger partial charge in [-0.05, 0) is 37.3 Å². The van der Waals surface area contributed by atoms with E-state index in [0.717, 1.165) is 28.8 Å². The highest BCUT2D eigenvalue weighted by atomic mass is 32.2. The van der Waals surface area contributed by atoms with Crippen LogP contribution in [-0.4, -0.2) is 18.4 Å². The lowest BCUT2D eigenvalue weighted by Crippen LogP contribution is -2.12. The van der Waals surface area contributed by atoms with Gasteiger partial charge in [0.2, 0.25) is 0 Å². The van der Waals surface area contributed by atoms with Gasteiger partial charge in [-0.25, -0.2) is 13.4 Å². The van der Waals surface area contributed by atoms with E-state index in [1.54, 1.807) is 42.5 Å². The lowest BCUT2D eigenvalue weighted by Gasteiger charge is -2.08. The summed E-state index contributed by atoms with van der Waals surface area (Å²) in [4.78, 5) is 7.82. The highest BCUT2D eigenvalue weighted by Crippen LogP contribution is 2.21. The summed E-state index contributed by atoms with van der Waals surface area (Å²) in [5.41, 5.74) is 3.18. The van der Waals surface area contributed by atoms with Crippen molar-refractivity contribution in [3.8, 4) is 0 Å². The number of rotatable bonds is 4. The number of sulfonamides is 1. The molecule has 3 rings (SSSR count). The Morgan fingerprint density at radius 1 is 1.14 bits per heavy atom. The van der Waals surface area contributed by atoms with Crippen molar-refractivity contribution in [1.29, 1.82) is 0 Å². The molecule has 114 valence electrons. The maximum absolute atomic E-state index is 12.4. The van der Waals surface area contributed by atoms with Crippen LogP contribution < -0.4 is 4.72 Å². The van der Waals surface area contributed by atoms with Gasteiger partial charge in [0, 0.05) is 6.42 Å². The quantitative estimate of drug-likeness (QED) is 0.776. The Balaban J connectivity index is 1.92. The Morgan fingerprint density at radius 3 is 2.55 bits per heavy atom. The lowest BCUT2D eigenvalue weighted by molar-refractivity contribution is 0.601. The summed E-state index contributed by atoms with van der Waals surface area (Å²) in [6.45, 7) is 3.93. The van der Waals surface area contributed by atoms with Crippen molar-refractivity contribution < 1.29 is 8.42 Å². The summed E-state index contributed by atoms with van der Waals surface area (Å²) in [6, 6.07) is 12.0. The molecule has 0 saturated carbocycles. The van der Waals surface area contributed by atoms with Gasteiger partial charge in [-0.2, -0.15) is 0 Å². The number of aromatic nitrogens is 2. The molecule has 1 aromatic heterocycles. The summed E-state index contributed by atoms with van der Waals surface area (Å²) in [6.07, 6.45) is 0.805. The normalized spacial score (nSPS) is 11.7. The molecule has 0 aliphatic rings. The summed E-state index contributed by atoms with van der Waals surface area (Å²) in [7, 11) is -3.58. The predicted octanol–water partition coefficient (Wildman–Crippen LogP) is 3.23. The third-order valence-corrected chi connectivity index (χ3v) is 4.85. The van der Waals surface area contributed by atoms with E-state index in [9.17, 15) is 8.42 Å².